The SMILES string of the molecule is CCNC(=NCc1cccc(OCC(F)F)c1)N1CCN(C(=O)OCC)CC1.I. The number of nitrogens with one attached hydrogen (secondary N) is 1. The molecule has 0 saturated carbocycles. The van der Waals surface area contributed by atoms with Crippen molar-refractivity contribution in [3.63, 3.8) is 0 Å². The van der Waals surface area contributed by atoms with Crippen LogP contribution < -0.4 is 10.1 Å². The number of hydrogen-bond acceptors (Lipinski definition) is 4. The summed E-state index contributed by atoms with van der Waals surface area (Å²) in [6, 6.07) is 7.00. The third-order valence-electron chi connectivity index (χ3n) is 4.13. The van der Waals surface area contributed by atoms with Gasteiger partial charge in [0.05, 0.1) is 13.2 Å². The summed E-state index contributed by atoms with van der Waals surface area (Å²) in [6.07, 6.45) is -2.79. The minimum absolute atomic E-state index is 0. The van der Waals surface area contributed by atoms with E-state index in [1.54, 1.807) is 30.0 Å². The van der Waals surface area contributed by atoms with Crippen molar-refractivity contribution in [1.29, 1.82) is 0 Å². The van der Waals surface area contributed by atoms with E-state index >= 15 is 0 Å². The predicted molar refractivity (Wildman–Crippen MR) is 118 cm³/mol. The van der Waals surface area contributed by atoms with Crippen molar-refractivity contribution in [3.05, 3.63) is 29.8 Å². The molecule has 1 amide bonds. The summed E-state index contributed by atoms with van der Waals surface area (Å²) in [4.78, 5) is 20.2. The first-order valence-electron chi connectivity index (χ1n) is 9.48. The van der Waals surface area contributed by atoms with Crippen LogP contribution in [0, 0.1) is 0 Å². The van der Waals surface area contributed by atoms with Gasteiger partial charge in [-0.25, -0.2) is 18.6 Å². The molecule has 0 spiro atoms. The zero-order valence-corrected chi connectivity index (χ0v) is 19.1. The lowest BCUT2D eigenvalue weighted by molar-refractivity contribution is 0.0818. The van der Waals surface area contributed by atoms with Gasteiger partial charge in [0.15, 0.2) is 5.96 Å². The summed E-state index contributed by atoms with van der Waals surface area (Å²) >= 11 is 0. The molecule has 10 heteroatoms. The van der Waals surface area contributed by atoms with E-state index < -0.39 is 13.0 Å². The number of ether oxygens (including phenoxy) is 2. The van der Waals surface area contributed by atoms with Gasteiger partial charge in [-0.05, 0) is 31.5 Å². The van der Waals surface area contributed by atoms with Crippen LogP contribution >= 0.6 is 24.0 Å². The zero-order chi connectivity index (χ0) is 20.4. The van der Waals surface area contributed by atoms with E-state index in [9.17, 15) is 13.6 Å². The standard InChI is InChI=1S/C19H28F2N4O3.HI/c1-3-22-18(24-8-10-25(11-9-24)19(26)27-4-2)23-13-15-6-5-7-16(12-15)28-14-17(20)21;/h5-7,12,17H,3-4,8-11,13-14H2,1-2H3,(H,22,23);1H. The lowest BCUT2D eigenvalue weighted by Crippen LogP contribution is -2.53. The molecule has 0 aromatic heterocycles. The Bertz CT molecular complexity index is 656. The maximum atomic E-state index is 12.3. The Morgan fingerprint density at radius 2 is 1.90 bits per heavy atom. The molecule has 1 N–H and O–H groups in total. The number of aliphatic imine (C=N–C) groups is 1. The van der Waals surface area contributed by atoms with Crippen LogP contribution in [0.5, 0.6) is 5.75 Å². The fraction of sp³-hybridized carbons (Fsp3) is 0.579. The summed E-state index contributed by atoms with van der Waals surface area (Å²) in [5, 5.41) is 3.26. The molecular weight excluding hydrogens is 497 g/mol. The van der Waals surface area contributed by atoms with Gasteiger partial charge < -0.3 is 24.6 Å². The minimum atomic E-state index is -2.50. The molecule has 1 aromatic carbocycles. The van der Waals surface area contributed by atoms with Gasteiger partial charge in [-0.3, -0.25) is 0 Å². The normalized spacial score (nSPS) is 14.4. The molecule has 1 aromatic rings. The van der Waals surface area contributed by atoms with E-state index in [0.29, 0.717) is 51.6 Å². The fourth-order valence-corrected chi connectivity index (χ4v) is 2.80. The van der Waals surface area contributed by atoms with Crippen LogP contribution in [0.3, 0.4) is 0 Å². The van der Waals surface area contributed by atoms with Crippen LogP contribution in [-0.2, 0) is 11.3 Å². The number of carbonyl (C=O) groups is 1. The third kappa shape index (κ3) is 8.58. The van der Waals surface area contributed by atoms with Crippen molar-refractivity contribution in [2.45, 2.75) is 26.8 Å². The summed E-state index contributed by atoms with van der Waals surface area (Å²) in [5.41, 5.74) is 0.868. The molecule has 7 nitrogen and oxygen atoms in total. The third-order valence-corrected chi connectivity index (χ3v) is 4.13. The highest BCUT2D eigenvalue weighted by atomic mass is 127. The molecule has 1 heterocycles. The van der Waals surface area contributed by atoms with Crippen LogP contribution in [0.25, 0.3) is 0 Å². The number of piperazine rings is 1. The smallest absolute Gasteiger partial charge is 0.409 e. The van der Waals surface area contributed by atoms with Crippen molar-refractivity contribution in [2.24, 2.45) is 4.99 Å². The maximum Gasteiger partial charge on any atom is 0.409 e. The molecule has 1 fully saturated rings. The van der Waals surface area contributed by atoms with E-state index in [1.807, 2.05) is 13.0 Å². The Kier molecular flexibility index (Phi) is 11.6. The van der Waals surface area contributed by atoms with Gasteiger partial charge in [-0.15, -0.1) is 24.0 Å². The van der Waals surface area contributed by atoms with Crippen molar-refractivity contribution in [1.82, 2.24) is 15.1 Å². The number of amides is 1. The van der Waals surface area contributed by atoms with Crippen molar-refractivity contribution >= 4 is 36.0 Å². The van der Waals surface area contributed by atoms with Crippen molar-refractivity contribution in [2.75, 3.05) is 45.9 Å². The number of guanidine groups is 1. The summed E-state index contributed by atoms with van der Waals surface area (Å²) in [7, 11) is 0. The molecule has 0 bridgehead atoms. The van der Waals surface area contributed by atoms with Crippen LogP contribution in [0.15, 0.2) is 29.3 Å². The van der Waals surface area contributed by atoms with Crippen LogP contribution in [0.4, 0.5) is 13.6 Å². The molecule has 1 aliphatic rings. The summed E-state index contributed by atoms with van der Waals surface area (Å²) in [6.45, 7) is 7.08. The molecular formula is C19H29F2IN4O3. The van der Waals surface area contributed by atoms with Gasteiger partial charge in [0.25, 0.3) is 6.43 Å². The molecule has 0 radical (unpaired) electrons. The molecule has 164 valence electrons. The van der Waals surface area contributed by atoms with E-state index in [2.05, 4.69) is 15.2 Å². The van der Waals surface area contributed by atoms with E-state index in [4.69, 9.17) is 9.47 Å². The molecule has 1 saturated heterocycles. The second-order valence-corrected chi connectivity index (χ2v) is 6.19. The van der Waals surface area contributed by atoms with E-state index in [0.717, 1.165) is 11.5 Å². The van der Waals surface area contributed by atoms with Gasteiger partial charge in [-0.1, -0.05) is 12.1 Å². The highest BCUT2D eigenvalue weighted by molar-refractivity contribution is 14.0. The van der Waals surface area contributed by atoms with Crippen molar-refractivity contribution in [3.8, 4) is 5.75 Å². The Morgan fingerprint density at radius 1 is 1.21 bits per heavy atom. The van der Waals surface area contributed by atoms with E-state index in [1.165, 1.54) is 0 Å². The van der Waals surface area contributed by atoms with Gasteiger partial charge >= 0.3 is 6.09 Å². The lowest BCUT2D eigenvalue weighted by atomic mass is 10.2. The van der Waals surface area contributed by atoms with Gasteiger partial charge in [0.2, 0.25) is 0 Å². The highest BCUT2D eigenvalue weighted by Gasteiger charge is 2.23. The number of alkyl halides is 2. The Morgan fingerprint density at radius 3 is 2.52 bits per heavy atom. The van der Waals surface area contributed by atoms with Gasteiger partial charge in [0.1, 0.15) is 12.4 Å². The fourth-order valence-electron chi connectivity index (χ4n) is 2.80. The largest absolute Gasteiger partial charge is 0.488 e. The van der Waals surface area contributed by atoms with Gasteiger partial charge in [-0.2, -0.15) is 0 Å². The number of carbonyl (C=O) groups excluding carboxylic acids is 1. The lowest BCUT2D eigenvalue weighted by Gasteiger charge is -2.35. The first-order valence-corrected chi connectivity index (χ1v) is 9.48. The second-order valence-electron chi connectivity index (χ2n) is 6.19. The Balaban J connectivity index is 0.00000420. The minimum Gasteiger partial charge on any atom is -0.488 e. The maximum absolute atomic E-state index is 12.3. The molecule has 0 aliphatic carbocycles. The molecule has 1 aliphatic heterocycles. The quantitative estimate of drug-likeness (QED) is 0.336. The summed E-state index contributed by atoms with van der Waals surface area (Å²) in [5.74, 6) is 1.16. The Labute approximate surface area is 187 Å². The van der Waals surface area contributed by atoms with E-state index in [-0.39, 0.29) is 30.1 Å². The molecule has 29 heavy (non-hydrogen) atoms. The number of benzene rings is 1. The van der Waals surface area contributed by atoms with Gasteiger partial charge in [0, 0.05) is 32.7 Å². The average Bonchev–Trinajstić information content (AvgIpc) is 2.70. The number of hydrogen-bond donors (Lipinski definition) is 1. The highest BCUT2D eigenvalue weighted by Crippen LogP contribution is 2.15. The number of rotatable bonds is 7. The van der Waals surface area contributed by atoms with Crippen LogP contribution in [0.1, 0.15) is 19.4 Å². The average molecular weight is 526 g/mol. The van der Waals surface area contributed by atoms with Crippen LogP contribution in [-0.4, -0.2) is 74.2 Å². The first kappa shape index (κ1) is 25.2. The monoisotopic (exact) mass is 526 g/mol. The first-order chi connectivity index (χ1) is 13.5. The zero-order valence-electron chi connectivity index (χ0n) is 16.8. The predicted octanol–water partition coefficient (Wildman–Crippen LogP) is 3.19. The topological polar surface area (TPSA) is 66.4 Å². The second kappa shape index (κ2) is 13.4. The molecule has 0 unspecified atom stereocenters. The Hall–Kier alpha value is -1.85. The summed E-state index contributed by atoms with van der Waals surface area (Å²) < 4.78 is 34.7. The van der Waals surface area contributed by atoms with Crippen molar-refractivity contribution < 1.29 is 23.0 Å². The van der Waals surface area contributed by atoms with Crippen LogP contribution in [0.2, 0.25) is 0 Å². The molecule has 2 rings (SSSR count). The number of halogens is 3. The molecule has 0 atom stereocenters. The number of nitrogens with zero attached hydrogens (tertiary/aromatic N) is 3.